The zero-order valence-electron chi connectivity index (χ0n) is 8.32. The van der Waals surface area contributed by atoms with Crippen molar-refractivity contribution >= 4 is 6.40 Å². The molecule has 0 aromatic heterocycles. The van der Waals surface area contributed by atoms with E-state index in [1.807, 2.05) is 0 Å². The van der Waals surface area contributed by atoms with Crippen molar-refractivity contribution in [1.29, 1.82) is 0 Å². The van der Waals surface area contributed by atoms with Crippen LogP contribution in [0.2, 0.25) is 0 Å². The van der Waals surface area contributed by atoms with Crippen LogP contribution in [-0.2, 0) is 11.3 Å². The van der Waals surface area contributed by atoms with E-state index in [9.17, 15) is 4.39 Å². The Kier molecular flexibility index (Phi) is 3.29. The molecule has 1 N–H and O–H groups in total. The zero-order valence-corrected chi connectivity index (χ0v) is 8.32. The van der Waals surface area contributed by atoms with E-state index in [-0.39, 0.29) is 11.9 Å². The van der Waals surface area contributed by atoms with Crippen LogP contribution in [0.15, 0.2) is 29.3 Å². The predicted molar refractivity (Wildman–Crippen MR) is 56.3 cm³/mol. The van der Waals surface area contributed by atoms with Crippen LogP contribution in [0.5, 0.6) is 0 Å². The standard InChI is InChI=1S/C11H13FN2O/c12-10-3-1-9(2-4-10)5-13-6-11-7-15-8-14-11/h1-4,8,11,13H,5-7H2. The molecule has 1 aliphatic rings. The molecule has 0 saturated carbocycles. The predicted octanol–water partition coefficient (Wildman–Crippen LogP) is 1.34. The molecule has 0 bridgehead atoms. The van der Waals surface area contributed by atoms with Crippen LogP contribution >= 0.6 is 0 Å². The summed E-state index contributed by atoms with van der Waals surface area (Å²) >= 11 is 0. The van der Waals surface area contributed by atoms with Gasteiger partial charge in [-0.3, -0.25) is 4.99 Å². The van der Waals surface area contributed by atoms with Crippen LogP contribution < -0.4 is 5.32 Å². The largest absolute Gasteiger partial charge is 0.481 e. The van der Waals surface area contributed by atoms with Crippen LogP contribution in [-0.4, -0.2) is 25.6 Å². The minimum Gasteiger partial charge on any atom is -0.481 e. The lowest BCUT2D eigenvalue weighted by atomic mass is 10.2. The summed E-state index contributed by atoms with van der Waals surface area (Å²) in [4.78, 5) is 4.11. The maximum Gasteiger partial charge on any atom is 0.169 e. The fourth-order valence-electron chi connectivity index (χ4n) is 1.42. The first-order valence-electron chi connectivity index (χ1n) is 4.93. The van der Waals surface area contributed by atoms with Gasteiger partial charge >= 0.3 is 0 Å². The van der Waals surface area contributed by atoms with Crippen molar-refractivity contribution in [3.63, 3.8) is 0 Å². The van der Waals surface area contributed by atoms with Gasteiger partial charge in [-0.2, -0.15) is 0 Å². The summed E-state index contributed by atoms with van der Waals surface area (Å²) in [6.45, 7) is 2.16. The van der Waals surface area contributed by atoms with E-state index in [1.165, 1.54) is 18.5 Å². The average Bonchev–Trinajstić information content (AvgIpc) is 2.74. The van der Waals surface area contributed by atoms with E-state index in [1.54, 1.807) is 12.1 Å². The number of halogens is 1. The summed E-state index contributed by atoms with van der Waals surface area (Å²) in [5.41, 5.74) is 1.07. The van der Waals surface area contributed by atoms with Gasteiger partial charge in [0.2, 0.25) is 0 Å². The van der Waals surface area contributed by atoms with Gasteiger partial charge in [0.1, 0.15) is 12.4 Å². The molecule has 0 aliphatic carbocycles. The van der Waals surface area contributed by atoms with Gasteiger partial charge < -0.3 is 10.1 Å². The van der Waals surface area contributed by atoms with Gasteiger partial charge in [0.15, 0.2) is 6.40 Å². The first kappa shape index (κ1) is 10.1. The Morgan fingerprint density at radius 3 is 2.87 bits per heavy atom. The third-order valence-electron chi connectivity index (χ3n) is 2.26. The highest BCUT2D eigenvalue weighted by molar-refractivity contribution is 5.48. The summed E-state index contributed by atoms with van der Waals surface area (Å²) in [5.74, 6) is -0.201. The van der Waals surface area contributed by atoms with Gasteiger partial charge in [-0.25, -0.2) is 4.39 Å². The number of hydrogen-bond donors (Lipinski definition) is 1. The molecule has 80 valence electrons. The highest BCUT2D eigenvalue weighted by Gasteiger charge is 2.10. The smallest absolute Gasteiger partial charge is 0.169 e. The molecule has 0 radical (unpaired) electrons. The molecule has 1 unspecified atom stereocenters. The Hall–Kier alpha value is -1.42. The Balaban J connectivity index is 1.73. The normalized spacial score (nSPS) is 19.1. The Morgan fingerprint density at radius 2 is 2.20 bits per heavy atom. The van der Waals surface area contributed by atoms with Crippen molar-refractivity contribution in [2.24, 2.45) is 4.99 Å². The van der Waals surface area contributed by atoms with E-state index < -0.39 is 0 Å². The molecular weight excluding hydrogens is 195 g/mol. The summed E-state index contributed by atoms with van der Waals surface area (Å²) in [7, 11) is 0. The zero-order chi connectivity index (χ0) is 10.5. The van der Waals surface area contributed by atoms with E-state index in [0.717, 1.165) is 18.7 Å². The highest BCUT2D eigenvalue weighted by atomic mass is 19.1. The summed E-state index contributed by atoms with van der Waals surface area (Å²) < 4.78 is 17.6. The molecule has 1 aromatic carbocycles. The van der Waals surface area contributed by atoms with Crippen molar-refractivity contribution in [3.8, 4) is 0 Å². The Morgan fingerprint density at radius 1 is 1.40 bits per heavy atom. The van der Waals surface area contributed by atoms with Gasteiger partial charge in [0, 0.05) is 13.1 Å². The lowest BCUT2D eigenvalue weighted by Gasteiger charge is -2.07. The van der Waals surface area contributed by atoms with Crippen LogP contribution in [0.1, 0.15) is 5.56 Å². The van der Waals surface area contributed by atoms with Crippen molar-refractivity contribution in [1.82, 2.24) is 5.32 Å². The van der Waals surface area contributed by atoms with Gasteiger partial charge in [-0.15, -0.1) is 0 Å². The maximum absolute atomic E-state index is 12.6. The molecule has 0 amide bonds. The first-order valence-corrected chi connectivity index (χ1v) is 4.93. The maximum atomic E-state index is 12.6. The van der Waals surface area contributed by atoms with Crippen molar-refractivity contribution in [2.75, 3.05) is 13.2 Å². The molecular formula is C11H13FN2O. The van der Waals surface area contributed by atoms with E-state index >= 15 is 0 Å². The Bertz CT molecular complexity index is 337. The number of hydrogen-bond acceptors (Lipinski definition) is 3. The molecule has 4 heteroatoms. The molecule has 1 aromatic rings. The van der Waals surface area contributed by atoms with Crippen LogP contribution in [0.4, 0.5) is 4.39 Å². The third-order valence-corrected chi connectivity index (χ3v) is 2.26. The molecule has 0 saturated heterocycles. The molecule has 1 heterocycles. The van der Waals surface area contributed by atoms with Crippen molar-refractivity contribution in [2.45, 2.75) is 12.6 Å². The van der Waals surface area contributed by atoms with Crippen molar-refractivity contribution < 1.29 is 9.13 Å². The van der Waals surface area contributed by atoms with Crippen molar-refractivity contribution in [3.05, 3.63) is 35.6 Å². The lowest BCUT2D eigenvalue weighted by molar-refractivity contribution is 0.323. The van der Waals surface area contributed by atoms with E-state index in [4.69, 9.17) is 4.74 Å². The molecule has 0 spiro atoms. The Labute approximate surface area is 88.0 Å². The fraction of sp³-hybridized carbons (Fsp3) is 0.364. The molecule has 2 rings (SSSR count). The SMILES string of the molecule is Fc1ccc(CNCC2COC=N2)cc1. The minimum atomic E-state index is -0.201. The summed E-state index contributed by atoms with van der Waals surface area (Å²) in [6, 6.07) is 6.69. The van der Waals surface area contributed by atoms with E-state index in [2.05, 4.69) is 10.3 Å². The highest BCUT2D eigenvalue weighted by Crippen LogP contribution is 2.03. The van der Waals surface area contributed by atoms with E-state index in [0.29, 0.717) is 6.61 Å². The molecule has 1 atom stereocenters. The number of nitrogens with zero attached hydrogens (tertiary/aromatic N) is 1. The number of aliphatic imine (C=N–C) groups is 1. The van der Waals surface area contributed by atoms with Gasteiger partial charge in [0.25, 0.3) is 0 Å². The molecule has 1 aliphatic heterocycles. The van der Waals surface area contributed by atoms with Gasteiger partial charge in [-0.05, 0) is 17.7 Å². The van der Waals surface area contributed by atoms with Crippen LogP contribution in [0, 0.1) is 5.82 Å². The molecule has 15 heavy (non-hydrogen) atoms. The second kappa shape index (κ2) is 4.89. The van der Waals surface area contributed by atoms with Crippen LogP contribution in [0.25, 0.3) is 0 Å². The van der Waals surface area contributed by atoms with Crippen LogP contribution in [0.3, 0.4) is 0 Å². The second-order valence-electron chi connectivity index (χ2n) is 3.50. The summed E-state index contributed by atoms with van der Waals surface area (Å²) in [6.07, 6.45) is 1.49. The number of rotatable bonds is 4. The quantitative estimate of drug-likeness (QED) is 0.810. The fourth-order valence-corrected chi connectivity index (χ4v) is 1.42. The third kappa shape index (κ3) is 3.02. The van der Waals surface area contributed by atoms with Gasteiger partial charge in [-0.1, -0.05) is 12.1 Å². The average molecular weight is 208 g/mol. The summed E-state index contributed by atoms with van der Waals surface area (Å²) in [5, 5.41) is 3.25. The second-order valence-corrected chi connectivity index (χ2v) is 3.50. The minimum absolute atomic E-state index is 0.201. The number of benzene rings is 1. The lowest BCUT2D eigenvalue weighted by Crippen LogP contribution is -2.26. The van der Waals surface area contributed by atoms with Gasteiger partial charge in [0.05, 0.1) is 6.04 Å². The molecule has 3 nitrogen and oxygen atoms in total. The monoisotopic (exact) mass is 208 g/mol. The topological polar surface area (TPSA) is 33.6 Å². The first-order chi connectivity index (χ1) is 7.34. The number of ether oxygens (including phenoxy) is 1. The number of nitrogens with one attached hydrogen (secondary N) is 1. The molecule has 0 fully saturated rings.